The summed E-state index contributed by atoms with van der Waals surface area (Å²) in [5.74, 6) is 0.520. The molecule has 3 N–H and O–H groups in total. The molecule has 0 aromatic heterocycles. The Hall–Kier alpha value is -1.31. The van der Waals surface area contributed by atoms with Crippen LogP contribution in [0, 0.1) is 0 Å². The zero-order valence-electron chi connectivity index (χ0n) is 12.7. The number of hydrogen-bond acceptors (Lipinski definition) is 5. The van der Waals surface area contributed by atoms with Crippen molar-refractivity contribution >= 4 is 15.7 Å². The maximum Gasteiger partial charge on any atom is 0.214 e. The minimum absolute atomic E-state index is 0.0600. The van der Waals surface area contributed by atoms with Gasteiger partial charge in [-0.3, -0.25) is 0 Å². The number of anilines is 1. The average molecular weight is 315 g/mol. The molecule has 0 saturated carbocycles. The van der Waals surface area contributed by atoms with Crippen molar-refractivity contribution in [3.63, 3.8) is 0 Å². The Balaban J connectivity index is 2.20. The molecule has 21 heavy (non-hydrogen) atoms. The number of nitrogens with zero attached hydrogens (tertiary/aromatic N) is 1. The van der Waals surface area contributed by atoms with Gasteiger partial charge in [0.1, 0.15) is 12.4 Å². The van der Waals surface area contributed by atoms with Crippen molar-refractivity contribution in [1.29, 1.82) is 0 Å². The van der Waals surface area contributed by atoms with Crippen molar-refractivity contribution in [1.82, 2.24) is 9.62 Å². The summed E-state index contributed by atoms with van der Waals surface area (Å²) in [5.41, 5.74) is 6.21. The van der Waals surface area contributed by atoms with Crippen LogP contribution in [-0.2, 0) is 10.0 Å². The van der Waals surface area contributed by atoms with E-state index in [-0.39, 0.29) is 12.4 Å². The standard InChI is InChI=1S/C14H25N3O3S/c1-17(2)9-4-3-8-16-21(18,19)11-10-20-14-7-5-6-13(15)12-14/h5-7,12,16H,3-4,8-11,15H2,1-2H3. The summed E-state index contributed by atoms with van der Waals surface area (Å²) in [5, 5.41) is 0. The van der Waals surface area contributed by atoms with Crippen LogP contribution in [0.15, 0.2) is 24.3 Å². The molecular formula is C14H25N3O3S. The number of nitrogens with one attached hydrogen (secondary N) is 1. The number of hydrogen-bond donors (Lipinski definition) is 2. The fraction of sp³-hybridized carbons (Fsp3) is 0.571. The first-order valence-electron chi connectivity index (χ1n) is 6.99. The number of rotatable bonds is 10. The minimum Gasteiger partial charge on any atom is -0.492 e. The fourth-order valence-corrected chi connectivity index (χ4v) is 2.63. The molecular weight excluding hydrogens is 290 g/mol. The SMILES string of the molecule is CN(C)CCCCNS(=O)(=O)CCOc1cccc(N)c1. The highest BCUT2D eigenvalue weighted by Gasteiger charge is 2.09. The molecule has 7 heteroatoms. The van der Waals surface area contributed by atoms with Gasteiger partial charge in [-0.1, -0.05) is 6.07 Å². The first-order chi connectivity index (χ1) is 9.89. The van der Waals surface area contributed by atoms with Crippen LogP contribution < -0.4 is 15.2 Å². The molecule has 0 aliphatic carbocycles. The smallest absolute Gasteiger partial charge is 0.214 e. The zero-order chi connectivity index (χ0) is 15.7. The van der Waals surface area contributed by atoms with Crippen molar-refractivity contribution in [2.75, 3.05) is 45.3 Å². The van der Waals surface area contributed by atoms with Gasteiger partial charge in [0.25, 0.3) is 0 Å². The predicted octanol–water partition coefficient (Wildman–Crippen LogP) is 0.909. The van der Waals surface area contributed by atoms with E-state index in [1.54, 1.807) is 24.3 Å². The van der Waals surface area contributed by atoms with Crippen LogP contribution in [0.5, 0.6) is 5.75 Å². The molecule has 0 aliphatic heterocycles. The second kappa shape index (κ2) is 8.86. The summed E-state index contributed by atoms with van der Waals surface area (Å²) in [7, 11) is 0.713. The first-order valence-corrected chi connectivity index (χ1v) is 8.65. The number of unbranched alkanes of at least 4 members (excludes halogenated alkanes) is 1. The van der Waals surface area contributed by atoms with E-state index in [1.165, 1.54) is 0 Å². The molecule has 120 valence electrons. The molecule has 0 atom stereocenters. The third kappa shape index (κ3) is 8.54. The van der Waals surface area contributed by atoms with Crippen molar-refractivity contribution < 1.29 is 13.2 Å². The Kier molecular flexibility index (Phi) is 7.49. The van der Waals surface area contributed by atoms with Gasteiger partial charge in [0.2, 0.25) is 10.0 Å². The molecule has 1 aromatic rings. The topological polar surface area (TPSA) is 84.7 Å². The Bertz CT molecular complexity index is 518. The Labute approximate surface area is 127 Å². The Morgan fingerprint density at radius 1 is 1.29 bits per heavy atom. The quantitative estimate of drug-likeness (QED) is 0.495. The van der Waals surface area contributed by atoms with Crippen molar-refractivity contribution in [2.45, 2.75) is 12.8 Å². The lowest BCUT2D eigenvalue weighted by Crippen LogP contribution is -2.30. The lowest BCUT2D eigenvalue weighted by Gasteiger charge is -2.10. The predicted molar refractivity (Wildman–Crippen MR) is 85.9 cm³/mol. The van der Waals surface area contributed by atoms with E-state index in [0.717, 1.165) is 19.4 Å². The highest BCUT2D eigenvalue weighted by Crippen LogP contribution is 2.14. The maximum atomic E-state index is 11.8. The van der Waals surface area contributed by atoms with Gasteiger partial charge >= 0.3 is 0 Å². The Morgan fingerprint density at radius 3 is 2.71 bits per heavy atom. The van der Waals surface area contributed by atoms with E-state index in [1.807, 2.05) is 14.1 Å². The second-order valence-electron chi connectivity index (χ2n) is 5.14. The molecule has 0 saturated heterocycles. The molecule has 0 unspecified atom stereocenters. The molecule has 0 amide bonds. The van der Waals surface area contributed by atoms with Gasteiger partial charge in [-0.25, -0.2) is 13.1 Å². The largest absolute Gasteiger partial charge is 0.492 e. The summed E-state index contributed by atoms with van der Waals surface area (Å²) < 4.78 is 31.5. The molecule has 0 heterocycles. The third-order valence-electron chi connectivity index (χ3n) is 2.83. The molecule has 1 rings (SSSR count). The van der Waals surface area contributed by atoms with E-state index in [0.29, 0.717) is 18.0 Å². The van der Waals surface area contributed by atoms with Crippen molar-refractivity contribution in [3.8, 4) is 5.75 Å². The number of sulfonamides is 1. The van der Waals surface area contributed by atoms with Crippen LogP contribution in [0.1, 0.15) is 12.8 Å². The number of nitrogen functional groups attached to an aromatic ring is 1. The van der Waals surface area contributed by atoms with E-state index in [2.05, 4.69) is 9.62 Å². The number of nitrogens with two attached hydrogens (primary N) is 1. The molecule has 0 aliphatic rings. The lowest BCUT2D eigenvalue weighted by atomic mass is 10.3. The van der Waals surface area contributed by atoms with Gasteiger partial charge in [-0.05, 0) is 45.6 Å². The number of benzene rings is 1. The van der Waals surface area contributed by atoms with E-state index < -0.39 is 10.0 Å². The molecule has 1 aromatic carbocycles. The summed E-state index contributed by atoms with van der Waals surface area (Å²) in [4.78, 5) is 2.08. The minimum atomic E-state index is -3.28. The first kappa shape index (κ1) is 17.7. The molecule has 0 bridgehead atoms. The highest BCUT2D eigenvalue weighted by molar-refractivity contribution is 7.89. The summed E-state index contributed by atoms with van der Waals surface area (Å²) in [6.45, 7) is 1.53. The van der Waals surface area contributed by atoms with Crippen molar-refractivity contribution in [2.24, 2.45) is 0 Å². The average Bonchev–Trinajstić information content (AvgIpc) is 2.37. The molecule has 0 fully saturated rings. The fourth-order valence-electron chi connectivity index (χ4n) is 1.73. The van der Waals surface area contributed by atoms with Gasteiger partial charge in [0.05, 0.1) is 5.75 Å². The van der Waals surface area contributed by atoms with Gasteiger partial charge in [0, 0.05) is 18.3 Å². The summed E-state index contributed by atoms with van der Waals surface area (Å²) >= 11 is 0. The second-order valence-corrected chi connectivity index (χ2v) is 7.07. The number of ether oxygens (including phenoxy) is 1. The highest BCUT2D eigenvalue weighted by atomic mass is 32.2. The normalized spacial score (nSPS) is 11.8. The van der Waals surface area contributed by atoms with Crippen LogP contribution >= 0.6 is 0 Å². The van der Waals surface area contributed by atoms with Gasteiger partial charge in [0.15, 0.2) is 0 Å². The third-order valence-corrected chi connectivity index (χ3v) is 4.18. The zero-order valence-corrected chi connectivity index (χ0v) is 13.5. The maximum absolute atomic E-state index is 11.8. The molecule has 0 radical (unpaired) electrons. The summed E-state index contributed by atoms with van der Waals surface area (Å²) in [6, 6.07) is 6.93. The van der Waals surface area contributed by atoms with Crippen LogP contribution in [0.25, 0.3) is 0 Å². The Morgan fingerprint density at radius 2 is 2.05 bits per heavy atom. The van der Waals surface area contributed by atoms with E-state index >= 15 is 0 Å². The summed E-state index contributed by atoms with van der Waals surface area (Å²) in [6.07, 6.45) is 1.79. The lowest BCUT2D eigenvalue weighted by molar-refractivity contribution is 0.340. The van der Waals surface area contributed by atoms with E-state index in [4.69, 9.17) is 10.5 Å². The molecule has 6 nitrogen and oxygen atoms in total. The van der Waals surface area contributed by atoms with Gasteiger partial charge in [-0.2, -0.15) is 0 Å². The van der Waals surface area contributed by atoms with Crippen LogP contribution in [0.4, 0.5) is 5.69 Å². The van der Waals surface area contributed by atoms with Crippen LogP contribution in [0.3, 0.4) is 0 Å². The molecule has 0 spiro atoms. The van der Waals surface area contributed by atoms with Crippen LogP contribution in [-0.4, -0.2) is 52.9 Å². The van der Waals surface area contributed by atoms with Gasteiger partial charge < -0.3 is 15.4 Å². The monoisotopic (exact) mass is 315 g/mol. The van der Waals surface area contributed by atoms with Gasteiger partial charge in [-0.15, -0.1) is 0 Å². The van der Waals surface area contributed by atoms with E-state index in [9.17, 15) is 8.42 Å². The van der Waals surface area contributed by atoms with Crippen molar-refractivity contribution in [3.05, 3.63) is 24.3 Å². The van der Waals surface area contributed by atoms with Crippen LogP contribution in [0.2, 0.25) is 0 Å².